The molecule has 0 spiro atoms. The topological polar surface area (TPSA) is 143 Å². The molecule has 2 aliphatic heterocycles. The van der Waals surface area contributed by atoms with Gasteiger partial charge in [-0.25, -0.2) is 9.78 Å². The van der Waals surface area contributed by atoms with Gasteiger partial charge in [-0.1, -0.05) is 62.2 Å². The van der Waals surface area contributed by atoms with E-state index < -0.39 is 18.1 Å². The molecule has 3 aromatic rings. The van der Waals surface area contributed by atoms with Crippen molar-refractivity contribution < 1.29 is 33.7 Å². The fourth-order valence-corrected chi connectivity index (χ4v) is 5.31. The number of nitrogens with one attached hydrogen (secondary N) is 2. The molecule has 0 aliphatic carbocycles. The monoisotopic (exact) mass is 730 g/mol. The number of aryl methyl sites for hydroxylation is 2. The third kappa shape index (κ3) is 13.3. The number of imidazole rings is 1. The Morgan fingerprint density at radius 1 is 1.17 bits per heavy atom. The van der Waals surface area contributed by atoms with E-state index >= 15 is 0 Å². The number of fused-ring (bicyclic) bond motifs is 1. The van der Waals surface area contributed by atoms with Crippen molar-refractivity contribution in [2.24, 2.45) is 5.92 Å². The molecule has 0 saturated carbocycles. The molecule has 3 heterocycles. The van der Waals surface area contributed by atoms with E-state index in [0.717, 1.165) is 47.3 Å². The highest BCUT2D eigenvalue weighted by Gasteiger charge is 2.25. The first-order chi connectivity index (χ1) is 22.9. The average Bonchev–Trinajstić information content (AvgIpc) is 3.83. The van der Waals surface area contributed by atoms with E-state index in [1.54, 1.807) is 0 Å². The summed E-state index contributed by atoms with van der Waals surface area (Å²) in [7, 11) is 3.43. The van der Waals surface area contributed by atoms with Gasteiger partial charge < -0.3 is 34.4 Å². The Morgan fingerprint density at radius 3 is 2.29 bits per heavy atom. The van der Waals surface area contributed by atoms with Crippen molar-refractivity contribution in [3.8, 4) is 22.8 Å². The summed E-state index contributed by atoms with van der Waals surface area (Å²) in [5, 5.41) is 9.80. The number of halogens is 1. The zero-order chi connectivity index (χ0) is 35.6. The number of rotatable bonds is 9. The number of H-pyrrole nitrogens is 1. The summed E-state index contributed by atoms with van der Waals surface area (Å²) in [6.45, 7) is 10.7. The molecule has 2 unspecified atom stereocenters. The van der Waals surface area contributed by atoms with E-state index in [-0.39, 0.29) is 5.92 Å². The molecular formula is C36H51BrN4O7. The Morgan fingerprint density at radius 2 is 1.79 bits per heavy atom. The number of hydrogen-bond donors (Lipinski definition) is 3. The minimum atomic E-state index is -0.833. The second-order valence-electron chi connectivity index (χ2n) is 11.8. The number of carbonyl (C=O) groups excluding carboxylic acids is 2. The van der Waals surface area contributed by atoms with Crippen LogP contribution in [0.15, 0.2) is 47.1 Å². The van der Waals surface area contributed by atoms with Crippen molar-refractivity contribution in [1.82, 2.24) is 20.2 Å². The number of aldehydes is 1. The van der Waals surface area contributed by atoms with Crippen LogP contribution in [0.25, 0.3) is 11.3 Å². The molecular weight excluding hydrogens is 680 g/mol. The molecule has 3 N–H and O–H groups in total. The maximum atomic E-state index is 10.6. The van der Waals surface area contributed by atoms with Crippen LogP contribution in [0.3, 0.4) is 0 Å². The van der Waals surface area contributed by atoms with E-state index in [2.05, 4.69) is 98.1 Å². The van der Waals surface area contributed by atoms with Gasteiger partial charge in [0.1, 0.15) is 12.1 Å². The zero-order valence-corrected chi connectivity index (χ0v) is 30.8. The molecule has 0 radical (unpaired) electrons. The van der Waals surface area contributed by atoms with Crippen LogP contribution >= 0.6 is 15.9 Å². The third-order valence-corrected chi connectivity index (χ3v) is 8.33. The summed E-state index contributed by atoms with van der Waals surface area (Å²) < 4.78 is 16.2. The highest BCUT2D eigenvalue weighted by Crippen LogP contribution is 2.35. The Labute approximate surface area is 292 Å². The van der Waals surface area contributed by atoms with E-state index in [0.29, 0.717) is 19.1 Å². The van der Waals surface area contributed by atoms with E-state index in [9.17, 15) is 9.59 Å². The summed E-state index contributed by atoms with van der Waals surface area (Å²) >= 11 is 3.45. The van der Waals surface area contributed by atoms with Gasteiger partial charge in [0.15, 0.2) is 11.5 Å². The number of carbonyl (C=O) groups is 3. The van der Waals surface area contributed by atoms with Gasteiger partial charge in [-0.2, -0.15) is 0 Å². The van der Waals surface area contributed by atoms with Gasteiger partial charge in [0.2, 0.25) is 6.79 Å². The van der Waals surface area contributed by atoms with Crippen LogP contribution < -0.4 is 14.8 Å². The van der Waals surface area contributed by atoms with Gasteiger partial charge in [0, 0.05) is 11.4 Å². The van der Waals surface area contributed by atoms with Crippen molar-refractivity contribution in [3.05, 3.63) is 64.0 Å². The number of alkyl carbamates (subject to hydrolysis) is 1. The lowest BCUT2D eigenvalue weighted by atomic mass is 9.99. The lowest BCUT2D eigenvalue weighted by Gasteiger charge is -2.16. The summed E-state index contributed by atoms with van der Waals surface area (Å²) in [5.41, 5.74) is 5.09. The van der Waals surface area contributed by atoms with Crippen LogP contribution in [0.5, 0.6) is 11.5 Å². The van der Waals surface area contributed by atoms with Crippen LogP contribution in [0.4, 0.5) is 4.79 Å². The molecule has 5 rings (SSSR count). The number of carboxylic acid groups (broad SMARTS) is 1. The number of carboxylic acids is 1. The van der Waals surface area contributed by atoms with Gasteiger partial charge in [-0.3, -0.25) is 9.69 Å². The Kier molecular flexibility index (Phi) is 17.7. The van der Waals surface area contributed by atoms with Crippen molar-refractivity contribution in [3.63, 3.8) is 0 Å². The number of benzene rings is 2. The number of aromatic amines is 1. The molecule has 11 nitrogen and oxygen atoms in total. The predicted octanol–water partition coefficient (Wildman–Crippen LogP) is 7.58. The van der Waals surface area contributed by atoms with E-state index in [4.69, 9.17) is 19.4 Å². The standard InChI is InChI=1S/C14H16BrN3.C13H18O2.C7H13NO3.C2H4O2/c1-18-8-2-3-13(18)14-16-9-12(17-14)10-4-6-11(15)7-5-10;1-3-5-6-11-8-13-12(14-9-15-13)7-10(11)4-2;1-5(2)6(4-9)8-7(10)11-3;1-2(3)4/h4-7,9,13H,2-3,8H2,1H3,(H,16,17);7-8H,3-6,9H2,1-2H3;4-6H,1-3H3,(H,8,10);1H3,(H,3,4). The number of likely N-dealkylation sites (tertiary alicyclic amines) is 1. The molecule has 1 saturated heterocycles. The maximum absolute atomic E-state index is 10.6. The minimum absolute atomic E-state index is 0.0894. The van der Waals surface area contributed by atoms with Gasteiger partial charge in [-0.05, 0) is 92.6 Å². The number of hydrogen-bond acceptors (Lipinski definition) is 8. The zero-order valence-electron chi connectivity index (χ0n) is 29.2. The number of aromatic nitrogens is 2. The third-order valence-electron chi connectivity index (χ3n) is 7.80. The lowest BCUT2D eigenvalue weighted by molar-refractivity contribution is -0.134. The average molecular weight is 732 g/mol. The molecule has 1 aromatic heterocycles. The van der Waals surface area contributed by atoms with Crippen molar-refractivity contribution in [2.45, 2.75) is 85.2 Å². The second kappa shape index (κ2) is 21.1. The van der Waals surface area contributed by atoms with Crippen molar-refractivity contribution >= 4 is 34.3 Å². The molecule has 2 aliphatic rings. The molecule has 48 heavy (non-hydrogen) atoms. The lowest BCUT2D eigenvalue weighted by Crippen LogP contribution is -2.39. The van der Waals surface area contributed by atoms with Crippen LogP contribution in [0.2, 0.25) is 0 Å². The smallest absolute Gasteiger partial charge is 0.407 e. The number of nitrogens with zero attached hydrogens (tertiary/aromatic N) is 2. The fraction of sp³-hybridized carbons (Fsp3) is 0.500. The van der Waals surface area contributed by atoms with Crippen LogP contribution in [0.1, 0.15) is 83.3 Å². The largest absolute Gasteiger partial charge is 0.481 e. The SMILES string of the molecule is CC(=O)O.CCCCc1cc2c(cc1CC)OCO2.CN1CCCC1c1ncc(-c2ccc(Br)cc2)[nH]1.COC(=O)NC(C=O)C(C)C. The molecule has 264 valence electrons. The van der Waals surface area contributed by atoms with Crippen LogP contribution in [-0.2, 0) is 27.2 Å². The summed E-state index contributed by atoms with van der Waals surface area (Å²) in [6.07, 6.45) is 9.21. The van der Waals surface area contributed by atoms with Crippen LogP contribution in [0, 0.1) is 5.92 Å². The number of ether oxygens (including phenoxy) is 3. The first-order valence-corrected chi connectivity index (χ1v) is 17.1. The summed E-state index contributed by atoms with van der Waals surface area (Å²) in [5.74, 6) is 2.17. The molecule has 1 amide bonds. The number of aliphatic carboxylic acids is 1. The van der Waals surface area contributed by atoms with Gasteiger partial charge >= 0.3 is 6.09 Å². The number of unbranched alkanes of at least 4 members (excludes halogenated alkanes) is 1. The highest BCUT2D eigenvalue weighted by molar-refractivity contribution is 9.10. The van der Waals surface area contributed by atoms with Gasteiger partial charge in [0.25, 0.3) is 5.97 Å². The van der Waals surface area contributed by atoms with Crippen LogP contribution in [-0.4, -0.2) is 71.9 Å². The minimum Gasteiger partial charge on any atom is -0.481 e. The Hall–Kier alpha value is -3.90. The predicted molar refractivity (Wildman–Crippen MR) is 190 cm³/mol. The first kappa shape index (κ1) is 40.3. The first-order valence-electron chi connectivity index (χ1n) is 16.4. The quantitative estimate of drug-likeness (QED) is 0.190. The van der Waals surface area contributed by atoms with E-state index in [1.807, 2.05) is 20.0 Å². The summed E-state index contributed by atoms with van der Waals surface area (Å²) in [4.78, 5) is 40.3. The number of methoxy groups -OCH3 is 1. The highest BCUT2D eigenvalue weighted by atomic mass is 79.9. The molecule has 1 fully saturated rings. The van der Waals surface area contributed by atoms with Gasteiger partial charge in [0.05, 0.1) is 31.1 Å². The molecule has 0 bridgehead atoms. The Balaban J connectivity index is 0.000000243. The maximum Gasteiger partial charge on any atom is 0.407 e. The van der Waals surface area contributed by atoms with Gasteiger partial charge in [-0.15, -0.1) is 0 Å². The summed E-state index contributed by atoms with van der Waals surface area (Å²) in [6, 6.07) is 12.6. The normalized spacial score (nSPS) is 15.1. The van der Waals surface area contributed by atoms with Crippen molar-refractivity contribution in [2.75, 3.05) is 27.5 Å². The fourth-order valence-electron chi connectivity index (χ4n) is 5.05. The molecule has 2 atom stereocenters. The molecule has 12 heteroatoms. The van der Waals surface area contributed by atoms with Crippen molar-refractivity contribution in [1.29, 1.82) is 0 Å². The number of amides is 1. The molecule has 2 aromatic carbocycles. The van der Waals surface area contributed by atoms with E-state index in [1.165, 1.54) is 56.0 Å². The Bertz CT molecular complexity index is 1420. The second-order valence-corrected chi connectivity index (χ2v) is 12.7.